The van der Waals surface area contributed by atoms with E-state index in [1.807, 2.05) is 6.07 Å². The van der Waals surface area contributed by atoms with Gasteiger partial charge in [0.05, 0.1) is 0 Å². The van der Waals surface area contributed by atoms with Crippen LogP contribution in [0.1, 0.15) is 12.0 Å². The van der Waals surface area contributed by atoms with Crippen LogP contribution in [0.5, 0.6) is 0 Å². The van der Waals surface area contributed by atoms with E-state index >= 15 is 0 Å². The van der Waals surface area contributed by atoms with Gasteiger partial charge >= 0.3 is 5.97 Å². The van der Waals surface area contributed by atoms with Crippen molar-refractivity contribution in [2.75, 3.05) is 0 Å². The van der Waals surface area contributed by atoms with Crippen LogP contribution in [-0.2, 0) is 16.0 Å². The van der Waals surface area contributed by atoms with Gasteiger partial charge in [0.15, 0.2) is 0 Å². The summed E-state index contributed by atoms with van der Waals surface area (Å²) in [5.74, 6) is -2.34. The molecular weight excluding hydrogens is 251 g/mol. The number of halogens is 2. The van der Waals surface area contributed by atoms with Crippen molar-refractivity contribution >= 4 is 34.4 Å². The predicted molar refractivity (Wildman–Crippen MR) is 61.8 cm³/mol. The first-order valence-electron chi connectivity index (χ1n) is 4.67. The number of aliphatic carboxylic acids is 1. The van der Waals surface area contributed by atoms with E-state index < -0.39 is 17.1 Å². The third-order valence-corrected chi connectivity index (χ3v) is 2.68. The monoisotopic (exact) mass is 260 g/mol. The van der Waals surface area contributed by atoms with Crippen molar-refractivity contribution in [2.24, 2.45) is 5.92 Å². The van der Waals surface area contributed by atoms with Crippen LogP contribution in [0, 0.1) is 5.92 Å². The van der Waals surface area contributed by atoms with Gasteiger partial charge in [-0.15, -0.1) is 0 Å². The quantitative estimate of drug-likeness (QED) is 0.655. The Hall–Kier alpha value is -1.06. The molecule has 0 radical (unpaired) electrons. The Morgan fingerprint density at radius 1 is 1.38 bits per heavy atom. The second-order valence-electron chi connectivity index (χ2n) is 3.36. The normalized spacial score (nSPS) is 12.1. The lowest BCUT2D eigenvalue weighted by molar-refractivity contribution is -0.144. The fourth-order valence-electron chi connectivity index (χ4n) is 1.34. The summed E-state index contributed by atoms with van der Waals surface area (Å²) < 4.78 is 0. The van der Waals surface area contributed by atoms with E-state index in [-0.39, 0.29) is 6.42 Å². The summed E-state index contributed by atoms with van der Waals surface area (Å²) in [5, 5.41) is 8.49. The van der Waals surface area contributed by atoms with Crippen LogP contribution in [0.25, 0.3) is 0 Å². The topological polar surface area (TPSA) is 54.4 Å². The van der Waals surface area contributed by atoms with Gasteiger partial charge in [0, 0.05) is 5.02 Å². The predicted octanol–water partition coefficient (Wildman–Crippen LogP) is 2.74. The summed E-state index contributed by atoms with van der Waals surface area (Å²) >= 11 is 11.0. The maximum absolute atomic E-state index is 10.8. The standard InChI is InChI=1S/C11H10Cl2O3/c12-8-3-1-2-7(6-8)4-5-9(10(13)14)11(15)16/h1-3,6,9H,4-5H2,(H,15,16). The van der Waals surface area contributed by atoms with E-state index in [9.17, 15) is 9.59 Å². The van der Waals surface area contributed by atoms with Crippen LogP contribution < -0.4 is 0 Å². The highest BCUT2D eigenvalue weighted by molar-refractivity contribution is 6.65. The minimum Gasteiger partial charge on any atom is -0.481 e. The van der Waals surface area contributed by atoms with E-state index in [1.165, 1.54) is 0 Å². The van der Waals surface area contributed by atoms with Gasteiger partial charge < -0.3 is 5.11 Å². The van der Waals surface area contributed by atoms with Crippen LogP contribution in [0.4, 0.5) is 0 Å². The summed E-state index contributed by atoms with van der Waals surface area (Å²) in [7, 11) is 0. The Balaban J connectivity index is 2.62. The molecule has 0 aliphatic heterocycles. The maximum atomic E-state index is 10.8. The van der Waals surface area contributed by atoms with Crippen molar-refractivity contribution in [3.63, 3.8) is 0 Å². The molecule has 5 heteroatoms. The van der Waals surface area contributed by atoms with Crippen LogP contribution in [0.3, 0.4) is 0 Å². The zero-order valence-electron chi connectivity index (χ0n) is 8.32. The van der Waals surface area contributed by atoms with Crippen molar-refractivity contribution in [1.82, 2.24) is 0 Å². The van der Waals surface area contributed by atoms with Crippen molar-refractivity contribution in [3.05, 3.63) is 34.9 Å². The highest BCUT2D eigenvalue weighted by Gasteiger charge is 2.23. The second-order valence-corrected chi connectivity index (χ2v) is 4.17. The molecule has 0 heterocycles. The molecule has 0 saturated heterocycles. The summed E-state index contributed by atoms with van der Waals surface area (Å²) in [6.07, 6.45) is 0.633. The molecule has 1 N–H and O–H groups in total. The fraction of sp³-hybridized carbons (Fsp3) is 0.273. The van der Waals surface area contributed by atoms with Gasteiger partial charge in [0.25, 0.3) is 0 Å². The average molecular weight is 261 g/mol. The highest BCUT2D eigenvalue weighted by atomic mass is 35.5. The number of aryl methyl sites for hydroxylation is 1. The highest BCUT2D eigenvalue weighted by Crippen LogP contribution is 2.16. The van der Waals surface area contributed by atoms with E-state index in [0.29, 0.717) is 11.4 Å². The van der Waals surface area contributed by atoms with Crippen molar-refractivity contribution < 1.29 is 14.7 Å². The summed E-state index contributed by atoms with van der Waals surface area (Å²) in [5.41, 5.74) is 0.886. The van der Waals surface area contributed by atoms with Gasteiger partial charge in [-0.2, -0.15) is 0 Å². The molecule has 0 saturated carbocycles. The lowest BCUT2D eigenvalue weighted by Gasteiger charge is -2.07. The SMILES string of the molecule is O=C(O)C(CCc1cccc(Cl)c1)C(=O)Cl. The third kappa shape index (κ3) is 3.83. The first kappa shape index (κ1) is 13.0. The number of hydrogen-bond acceptors (Lipinski definition) is 2. The number of hydrogen-bond donors (Lipinski definition) is 1. The minimum absolute atomic E-state index is 0.179. The van der Waals surface area contributed by atoms with Crippen molar-refractivity contribution in [1.29, 1.82) is 0 Å². The molecule has 0 aliphatic rings. The van der Waals surface area contributed by atoms with E-state index in [4.69, 9.17) is 28.3 Å². The number of carboxylic acids is 1. The lowest BCUT2D eigenvalue weighted by atomic mass is 10.0. The molecule has 1 aromatic carbocycles. The number of benzene rings is 1. The summed E-state index contributed by atoms with van der Waals surface area (Å²) in [4.78, 5) is 21.5. The largest absolute Gasteiger partial charge is 0.481 e. The number of carboxylic acid groups (broad SMARTS) is 1. The van der Waals surface area contributed by atoms with Crippen molar-refractivity contribution in [3.8, 4) is 0 Å². The smallest absolute Gasteiger partial charge is 0.315 e. The van der Waals surface area contributed by atoms with E-state index in [2.05, 4.69) is 0 Å². The molecule has 1 atom stereocenters. The molecule has 0 aliphatic carbocycles. The molecular formula is C11H10Cl2O3. The second kappa shape index (κ2) is 5.87. The zero-order valence-corrected chi connectivity index (χ0v) is 9.83. The molecule has 86 valence electrons. The Bertz CT molecular complexity index is 390. The van der Waals surface area contributed by atoms with Crippen molar-refractivity contribution in [2.45, 2.75) is 12.8 Å². The Morgan fingerprint density at radius 2 is 2.06 bits per heavy atom. The number of rotatable bonds is 5. The van der Waals surface area contributed by atoms with Gasteiger partial charge in [-0.25, -0.2) is 0 Å². The molecule has 16 heavy (non-hydrogen) atoms. The Morgan fingerprint density at radius 3 is 2.56 bits per heavy atom. The maximum Gasteiger partial charge on any atom is 0.315 e. The molecule has 3 nitrogen and oxygen atoms in total. The van der Waals surface area contributed by atoms with Gasteiger partial charge in [-0.05, 0) is 42.1 Å². The number of carbonyl (C=O) groups excluding carboxylic acids is 1. The van der Waals surface area contributed by atoms with Gasteiger partial charge in [-0.1, -0.05) is 23.7 Å². The Kier molecular flexibility index (Phi) is 4.77. The molecule has 1 unspecified atom stereocenters. The van der Waals surface area contributed by atoms with Crippen LogP contribution >= 0.6 is 23.2 Å². The summed E-state index contributed by atoms with van der Waals surface area (Å²) in [6.45, 7) is 0. The zero-order chi connectivity index (χ0) is 12.1. The molecule has 0 bridgehead atoms. The van der Waals surface area contributed by atoms with E-state index in [0.717, 1.165) is 5.56 Å². The van der Waals surface area contributed by atoms with Gasteiger partial charge in [0.1, 0.15) is 5.92 Å². The molecule has 1 aromatic rings. The summed E-state index contributed by atoms with van der Waals surface area (Å²) in [6, 6.07) is 7.06. The van der Waals surface area contributed by atoms with Crippen LogP contribution in [0.15, 0.2) is 24.3 Å². The van der Waals surface area contributed by atoms with Crippen LogP contribution in [0.2, 0.25) is 5.02 Å². The average Bonchev–Trinajstić information content (AvgIpc) is 2.16. The van der Waals surface area contributed by atoms with Gasteiger partial charge in [0.2, 0.25) is 5.24 Å². The lowest BCUT2D eigenvalue weighted by Crippen LogP contribution is -2.20. The number of carbonyl (C=O) groups is 2. The van der Waals surface area contributed by atoms with Crippen LogP contribution in [-0.4, -0.2) is 16.3 Å². The third-order valence-electron chi connectivity index (χ3n) is 2.18. The molecule has 0 fully saturated rings. The minimum atomic E-state index is -1.19. The molecule has 1 rings (SSSR count). The fourth-order valence-corrected chi connectivity index (χ4v) is 1.75. The molecule has 0 amide bonds. The molecule has 0 spiro atoms. The molecule has 0 aromatic heterocycles. The van der Waals surface area contributed by atoms with Gasteiger partial charge in [-0.3, -0.25) is 9.59 Å². The van der Waals surface area contributed by atoms with E-state index in [1.54, 1.807) is 18.2 Å². The first-order chi connectivity index (χ1) is 7.50. The Labute approximate surface area is 103 Å². The first-order valence-corrected chi connectivity index (χ1v) is 5.43.